The average molecular weight is 426 g/mol. The van der Waals surface area contributed by atoms with Gasteiger partial charge in [0.15, 0.2) is 0 Å². The number of methoxy groups -OCH3 is 1. The lowest BCUT2D eigenvalue weighted by Crippen LogP contribution is -2.52. The second-order valence-corrected chi connectivity index (χ2v) is 11.4. The van der Waals surface area contributed by atoms with E-state index in [1.165, 1.54) is 19.1 Å². The fourth-order valence-electron chi connectivity index (χ4n) is 7.50. The number of fused-ring (bicyclic) bond motifs is 5. The maximum absolute atomic E-state index is 13.2. The van der Waals surface area contributed by atoms with Crippen molar-refractivity contribution >= 4 is 11.9 Å². The van der Waals surface area contributed by atoms with E-state index in [1.54, 1.807) is 0 Å². The maximum atomic E-state index is 13.2. The van der Waals surface area contributed by atoms with Crippen LogP contribution in [0.25, 0.3) is 0 Å². The highest BCUT2D eigenvalue weighted by molar-refractivity contribution is 5.89. The molecule has 0 aromatic carbocycles. The third kappa shape index (κ3) is 3.50. The zero-order valence-corrected chi connectivity index (χ0v) is 19.9. The zero-order chi connectivity index (χ0) is 22.6. The molecule has 1 amide bonds. The summed E-state index contributed by atoms with van der Waals surface area (Å²) in [5, 5.41) is 3.23. The van der Waals surface area contributed by atoms with E-state index in [4.69, 9.17) is 4.74 Å². The predicted molar refractivity (Wildman–Crippen MR) is 123 cm³/mol. The molecule has 0 aromatic heterocycles. The van der Waals surface area contributed by atoms with Crippen LogP contribution in [0.2, 0.25) is 0 Å². The summed E-state index contributed by atoms with van der Waals surface area (Å²) in [4.78, 5) is 25.3. The van der Waals surface area contributed by atoms with Crippen LogP contribution in [-0.2, 0) is 14.3 Å². The molecule has 0 radical (unpaired) electrons. The lowest BCUT2D eigenvalue weighted by Gasteiger charge is -2.57. The van der Waals surface area contributed by atoms with E-state index in [2.05, 4.69) is 37.9 Å². The Morgan fingerprint density at radius 3 is 2.61 bits per heavy atom. The van der Waals surface area contributed by atoms with Crippen molar-refractivity contribution in [3.63, 3.8) is 0 Å². The monoisotopic (exact) mass is 425 g/mol. The van der Waals surface area contributed by atoms with Gasteiger partial charge < -0.3 is 10.1 Å². The van der Waals surface area contributed by atoms with Crippen LogP contribution in [0.15, 0.2) is 36.0 Å². The van der Waals surface area contributed by atoms with Crippen molar-refractivity contribution in [3.8, 4) is 0 Å². The van der Waals surface area contributed by atoms with Gasteiger partial charge in [0.1, 0.15) is 0 Å². The maximum Gasteiger partial charge on any atom is 0.333 e. The standard InChI is InChI=1S/C27H39NO3/c1-7-25(2,3)28-23(29)22-11-10-20-19-9-8-18-16-17(24(30)31-6)12-14-26(18,4)21(19)13-15-27(20,22)5/h7-8,16,19-22H,1,9-15H2,2-6H3,(H,28,29)/t19-,20-,21-,22+,26-,27-/m0/s1. The fourth-order valence-corrected chi connectivity index (χ4v) is 7.50. The number of nitrogens with one attached hydrogen (secondary N) is 1. The number of amides is 1. The van der Waals surface area contributed by atoms with Gasteiger partial charge in [0.2, 0.25) is 5.91 Å². The van der Waals surface area contributed by atoms with Crippen molar-refractivity contribution in [2.24, 2.45) is 34.5 Å². The number of carbonyl (C=O) groups excluding carboxylic acids is 2. The third-order valence-electron chi connectivity index (χ3n) is 9.49. The van der Waals surface area contributed by atoms with Crippen LogP contribution < -0.4 is 5.32 Å². The van der Waals surface area contributed by atoms with Crippen molar-refractivity contribution in [3.05, 3.63) is 36.0 Å². The number of carbonyl (C=O) groups is 2. The number of esters is 1. The van der Waals surface area contributed by atoms with Crippen molar-refractivity contribution in [1.82, 2.24) is 5.32 Å². The van der Waals surface area contributed by atoms with Gasteiger partial charge in [-0.1, -0.05) is 26.0 Å². The number of allylic oxidation sites excluding steroid dienone is 3. The molecular formula is C27H39NO3. The van der Waals surface area contributed by atoms with Crippen LogP contribution >= 0.6 is 0 Å². The summed E-state index contributed by atoms with van der Waals surface area (Å²) in [7, 11) is 1.47. The van der Waals surface area contributed by atoms with E-state index < -0.39 is 0 Å². The second-order valence-electron chi connectivity index (χ2n) is 11.4. The first kappa shape index (κ1) is 22.4. The fraction of sp³-hybridized carbons (Fsp3) is 0.704. The molecule has 0 spiro atoms. The molecule has 2 saturated carbocycles. The Hall–Kier alpha value is -1.84. The Morgan fingerprint density at radius 2 is 1.94 bits per heavy atom. The van der Waals surface area contributed by atoms with E-state index in [9.17, 15) is 9.59 Å². The summed E-state index contributed by atoms with van der Waals surface area (Å²) in [6.07, 6.45) is 13.6. The molecule has 4 rings (SSSR count). The minimum absolute atomic E-state index is 0.0753. The van der Waals surface area contributed by atoms with Gasteiger partial charge in [-0.25, -0.2) is 4.79 Å². The minimum Gasteiger partial charge on any atom is -0.466 e. The molecule has 0 saturated heterocycles. The van der Waals surface area contributed by atoms with Gasteiger partial charge in [-0.05, 0) is 99.0 Å². The van der Waals surface area contributed by atoms with Gasteiger partial charge in [0.05, 0.1) is 12.6 Å². The Kier molecular flexibility index (Phi) is 5.51. The van der Waals surface area contributed by atoms with Crippen LogP contribution in [0.5, 0.6) is 0 Å². The molecule has 6 atom stereocenters. The van der Waals surface area contributed by atoms with Crippen LogP contribution in [0, 0.1) is 34.5 Å². The van der Waals surface area contributed by atoms with Crippen LogP contribution in [-0.4, -0.2) is 24.5 Å². The Morgan fingerprint density at radius 1 is 1.19 bits per heavy atom. The quantitative estimate of drug-likeness (QED) is 0.488. The molecule has 0 bridgehead atoms. The largest absolute Gasteiger partial charge is 0.466 e. The normalized spacial score (nSPS) is 39.3. The summed E-state index contributed by atoms with van der Waals surface area (Å²) >= 11 is 0. The Bertz CT molecular complexity index is 853. The molecule has 2 fully saturated rings. The van der Waals surface area contributed by atoms with Gasteiger partial charge in [0.25, 0.3) is 0 Å². The van der Waals surface area contributed by atoms with Gasteiger partial charge in [-0.3, -0.25) is 4.79 Å². The van der Waals surface area contributed by atoms with Crippen molar-refractivity contribution in [2.75, 3.05) is 7.11 Å². The molecule has 4 aliphatic carbocycles. The van der Waals surface area contributed by atoms with Gasteiger partial charge in [-0.15, -0.1) is 6.58 Å². The van der Waals surface area contributed by atoms with E-state index >= 15 is 0 Å². The smallest absolute Gasteiger partial charge is 0.333 e. The zero-order valence-electron chi connectivity index (χ0n) is 19.9. The molecule has 4 aliphatic rings. The first-order valence-electron chi connectivity index (χ1n) is 12.0. The number of ether oxygens (including phenoxy) is 1. The number of hydrogen-bond acceptors (Lipinski definition) is 3. The predicted octanol–water partition coefficient (Wildman–Crippen LogP) is 5.36. The molecule has 0 aromatic rings. The van der Waals surface area contributed by atoms with E-state index in [1.807, 2.05) is 19.9 Å². The molecule has 1 N–H and O–H groups in total. The van der Waals surface area contributed by atoms with Crippen LogP contribution in [0.4, 0.5) is 0 Å². The van der Waals surface area contributed by atoms with E-state index in [0.717, 1.165) is 44.1 Å². The molecule has 4 nitrogen and oxygen atoms in total. The molecular weight excluding hydrogens is 386 g/mol. The Labute approximate surface area is 187 Å². The summed E-state index contributed by atoms with van der Waals surface area (Å²) < 4.78 is 4.98. The number of hydrogen-bond donors (Lipinski definition) is 1. The molecule has 0 unspecified atom stereocenters. The van der Waals surface area contributed by atoms with Crippen molar-refractivity contribution in [2.45, 2.75) is 78.2 Å². The van der Waals surface area contributed by atoms with E-state index in [0.29, 0.717) is 17.8 Å². The summed E-state index contributed by atoms with van der Waals surface area (Å²) in [6, 6.07) is 0. The first-order chi connectivity index (χ1) is 14.6. The summed E-state index contributed by atoms with van der Waals surface area (Å²) in [6.45, 7) is 12.7. The highest BCUT2D eigenvalue weighted by atomic mass is 16.5. The lowest BCUT2D eigenvalue weighted by molar-refractivity contribution is -0.136. The Balaban J connectivity index is 1.58. The highest BCUT2D eigenvalue weighted by Gasteiger charge is 2.59. The minimum atomic E-state index is -0.371. The second kappa shape index (κ2) is 7.64. The molecule has 31 heavy (non-hydrogen) atoms. The number of rotatable bonds is 4. The topological polar surface area (TPSA) is 55.4 Å². The third-order valence-corrected chi connectivity index (χ3v) is 9.49. The van der Waals surface area contributed by atoms with Crippen LogP contribution in [0.3, 0.4) is 0 Å². The highest BCUT2D eigenvalue weighted by Crippen LogP contribution is 2.66. The van der Waals surface area contributed by atoms with Gasteiger partial charge in [0, 0.05) is 11.5 Å². The van der Waals surface area contributed by atoms with E-state index in [-0.39, 0.29) is 34.2 Å². The summed E-state index contributed by atoms with van der Waals surface area (Å²) in [5.74, 6) is 1.96. The molecule has 0 aliphatic heterocycles. The molecule has 0 heterocycles. The molecule has 170 valence electrons. The van der Waals surface area contributed by atoms with Crippen molar-refractivity contribution < 1.29 is 14.3 Å². The van der Waals surface area contributed by atoms with Crippen molar-refractivity contribution in [1.29, 1.82) is 0 Å². The first-order valence-corrected chi connectivity index (χ1v) is 12.0. The van der Waals surface area contributed by atoms with Gasteiger partial charge in [-0.2, -0.15) is 0 Å². The lowest BCUT2D eigenvalue weighted by atomic mass is 9.48. The summed E-state index contributed by atoms with van der Waals surface area (Å²) in [5.41, 5.74) is 1.99. The SMILES string of the molecule is C=CC(C)(C)NC(=O)[C@H]1CC[C@H]2[C@@H]3CC=C4C=C(C(=O)OC)CC[C@]4(C)[C@H]3CC[C@]12C. The molecule has 4 heteroatoms. The van der Waals surface area contributed by atoms with Gasteiger partial charge >= 0.3 is 5.97 Å². The average Bonchev–Trinajstić information content (AvgIpc) is 3.09. The van der Waals surface area contributed by atoms with Crippen LogP contribution in [0.1, 0.15) is 72.6 Å².